The van der Waals surface area contributed by atoms with Crippen molar-refractivity contribution in [3.8, 4) is 12.3 Å². The fourth-order valence-corrected chi connectivity index (χ4v) is 1.26. The molecule has 0 saturated heterocycles. The van der Waals surface area contributed by atoms with Crippen LogP contribution in [0.25, 0.3) is 0 Å². The minimum absolute atomic E-state index is 0.177. The van der Waals surface area contributed by atoms with Gasteiger partial charge in [-0.25, -0.2) is 0 Å². The minimum Gasteiger partial charge on any atom is -0.354 e. The normalized spacial score (nSPS) is 12.8. The van der Waals surface area contributed by atoms with E-state index in [-0.39, 0.29) is 12.3 Å². The number of hydrogen-bond acceptors (Lipinski definition) is 3. The minimum atomic E-state index is -0.215. The van der Waals surface area contributed by atoms with E-state index in [0.717, 1.165) is 19.4 Å². The second-order valence-electron chi connectivity index (χ2n) is 2.75. The molecular formula is C10H19NO2. The number of methoxy groups -OCH3 is 2. The van der Waals surface area contributed by atoms with Crippen molar-refractivity contribution in [3.63, 3.8) is 0 Å². The Labute approximate surface area is 80.8 Å². The summed E-state index contributed by atoms with van der Waals surface area (Å²) >= 11 is 0. The lowest BCUT2D eigenvalue weighted by atomic mass is 10.1. The Morgan fingerprint density at radius 1 is 1.38 bits per heavy atom. The molecule has 1 unspecified atom stereocenters. The second kappa shape index (κ2) is 8.06. The molecule has 0 bridgehead atoms. The lowest BCUT2D eigenvalue weighted by Crippen LogP contribution is -2.41. The maximum atomic E-state index is 5.20. The van der Waals surface area contributed by atoms with Crippen molar-refractivity contribution in [2.75, 3.05) is 20.8 Å². The van der Waals surface area contributed by atoms with Crippen LogP contribution in [0.2, 0.25) is 0 Å². The molecule has 0 rings (SSSR count). The van der Waals surface area contributed by atoms with Crippen molar-refractivity contribution in [3.05, 3.63) is 0 Å². The first kappa shape index (κ1) is 12.4. The van der Waals surface area contributed by atoms with Gasteiger partial charge in [0.05, 0.1) is 6.04 Å². The van der Waals surface area contributed by atoms with Crippen molar-refractivity contribution in [2.24, 2.45) is 0 Å². The highest BCUT2D eigenvalue weighted by molar-refractivity contribution is 4.86. The average molecular weight is 185 g/mol. The number of nitrogens with one attached hydrogen (secondary N) is 1. The summed E-state index contributed by atoms with van der Waals surface area (Å²) in [5.74, 6) is 2.61. The molecule has 0 heterocycles. The van der Waals surface area contributed by atoms with E-state index in [1.165, 1.54) is 0 Å². The Kier molecular flexibility index (Phi) is 7.71. The number of likely N-dealkylation sites (N-methyl/N-ethyl adjacent to an activating group) is 1. The molecule has 3 nitrogen and oxygen atoms in total. The van der Waals surface area contributed by atoms with Crippen LogP contribution in [0.4, 0.5) is 0 Å². The molecule has 0 aromatic heterocycles. The van der Waals surface area contributed by atoms with Gasteiger partial charge in [-0.3, -0.25) is 0 Å². The number of hydrogen-bond donors (Lipinski definition) is 1. The number of ether oxygens (including phenoxy) is 2. The molecule has 0 aliphatic carbocycles. The first-order chi connectivity index (χ1) is 6.29. The molecule has 1 N–H and O–H groups in total. The fourth-order valence-electron chi connectivity index (χ4n) is 1.26. The maximum Gasteiger partial charge on any atom is 0.172 e. The van der Waals surface area contributed by atoms with Gasteiger partial charge in [-0.2, -0.15) is 0 Å². The highest BCUT2D eigenvalue weighted by atomic mass is 16.7. The summed E-state index contributed by atoms with van der Waals surface area (Å²) in [6, 6.07) is 0.177. The largest absolute Gasteiger partial charge is 0.354 e. The summed E-state index contributed by atoms with van der Waals surface area (Å²) in [4.78, 5) is 0. The average Bonchev–Trinajstić information content (AvgIpc) is 2.16. The van der Waals surface area contributed by atoms with Crippen LogP contribution in [-0.2, 0) is 9.47 Å². The van der Waals surface area contributed by atoms with Gasteiger partial charge in [0.25, 0.3) is 0 Å². The molecule has 13 heavy (non-hydrogen) atoms. The van der Waals surface area contributed by atoms with E-state index < -0.39 is 0 Å². The molecule has 0 radical (unpaired) electrons. The zero-order chi connectivity index (χ0) is 10.1. The molecule has 0 spiro atoms. The monoisotopic (exact) mass is 185 g/mol. The lowest BCUT2D eigenvalue weighted by molar-refractivity contribution is -0.123. The Morgan fingerprint density at radius 3 is 2.38 bits per heavy atom. The van der Waals surface area contributed by atoms with Crippen molar-refractivity contribution < 1.29 is 9.47 Å². The molecule has 0 aromatic carbocycles. The van der Waals surface area contributed by atoms with E-state index >= 15 is 0 Å². The van der Waals surface area contributed by atoms with Crippen LogP contribution in [0.15, 0.2) is 0 Å². The van der Waals surface area contributed by atoms with Crippen molar-refractivity contribution in [1.82, 2.24) is 5.32 Å². The van der Waals surface area contributed by atoms with E-state index in [0.29, 0.717) is 0 Å². The summed E-state index contributed by atoms with van der Waals surface area (Å²) in [5.41, 5.74) is 0. The van der Waals surface area contributed by atoms with E-state index in [9.17, 15) is 0 Å². The molecule has 3 heteroatoms. The van der Waals surface area contributed by atoms with Crippen LogP contribution in [0.3, 0.4) is 0 Å². The first-order valence-electron chi connectivity index (χ1n) is 4.52. The number of rotatable bonds is 7. The topological polar surface area (TPSA) is 30.5 Å². The molecular weight excluding hydrogens is 166 g/mol. The van der Waals surface area contributed by atoms with Gasteiger partial charge < -0.3 is 14.8 Å². The highest BCUT2D eigenvalue weighted by Crippen LogP contribution is 2.06. The SMILES string of the molecule is C#CCCC(NCC)C(OC)OC. The Balaban J connectivity index is 3.97. The van der Waals surface area contributed by atoms with Gasteiger partial charge in [-0.1, -0.05) is 6.92 Å². The molecule has 1 atom stereocenters. The molecule has 0 saturated carbocycles. The van der Waals surface area contributed by atoms with Crippen LogP contribution >= 0.6 is 0 Å². The fraction of sp³-hybridized carbons (Fsp3) is 0.800. The van der Waals surface area contributed by atoms with Crippen LogP contribution in [0.1, 0.15) is 19.8 Å². The predicted molar refractivity (Wildman–Crippen MR) is 53.3 cm³/mol. The molecule has 76 valence electrons. The molecule has 0 fully saturated rings. The van der Waals surface area contributed by atoms with E-state index in [1.54, 1.807) is 14.2 Å². The molecule has 0 aliphatic heterocycles. The van der Waals surface area contributed by atoms with Crippen LogP contribution in [-0.4, -0.2) is 33.1 Å². The lowest BCUT2D eigenvalue weighted by Gasteiger charge is -2.24. The Bertz CT molecular complexity index is 149. The molecule has 0 amide bonds. The Morgan fingerprint density at radius 2 is 2.00 bits per heavy atom. The third-order valence-electron chi connectivity index (χ3n) is 1.86. The van der Waals surface area contributed by atoms with Gasteiger partial charge in [-0.05, 0) is 13.0 Å². The zero-order valence-corrected chi connectivity index (χ0v) is 8.67. The number of terminal acetylenes is 1. The van der Waals surface area contributed by atoms with Crippen molar-refractivity contribution in [2.45, 2.75) is 32.1 Å². The molecule has 0 aliphatic rings. The zero-order valence-electron chi connectivity index (χ0n) is 8.67. The highest BCUT2D eigenvalue weighted by Gasteiger charge is 2.18. The quantitative estimate of drug-likeness (QED) is 0.474. The van der Waals surface area contributed by atoms with Gasteiger partial charge in [0.15, 0.2) is 6.29 Å². The third-order valence-corrected chi connectivity index (χ3v) is 1.86. The van der Waals surface area contributed by atoms with E-state index in [1.807, 2.05) is 6.92 Å². The summed E-state index contributed by atoms with van der Waals surface area (Å²) in [7, 11) is 3.27. The third kappa shape index (κ3) is 4.89. The summed E-state index contributed by atoms with van der Waals surface area (Å²) in [6.07, 6.45) is 6.59. The molecule has 0 aromatic rings. The van der Waals surface area contributed by atoms with Crippen LogP contribution in [0.5, 0.6) is 0 Å². The van der Waals surface area contributed by atoms with E-state index in [4.69, 9.17) is 15.9 Å². The van der Waals surface area contributed by atoms with Gasteiger partial charge in [-0.15, -0.1) is 12.3 Å². The van der Waals surface area contributed by atoms with Crippen LogP contribution in [0, 0.1) is 12.3 Å². The van der Waals surface area contributed by atoms with Gasteiger partial charge in [0, 0.05) is 20.6 Å². The smallest absolute Gasteiger partial charge is 0.172 e. The summed E-state index contributed by atoms with van der Waals surface area (Å²) < 4.78 is 10.3. The standard InChI is InChI=1S/C10H19NO2/c1-5-7-8-9(11-6-2)10(12-3)13-4/h1,9-11H,6-8H2,2-4H3. The van der Waals surface area contributed by atoms with Crippen molar-refractivity contribution >= 4 is 0 Å². The van der Waals surface area contributed by atoms with Gasteiger partial charge >= 0.3 is 0 Å². The van der Waals surface area contributed by atoms with Crippen molar-refractivity contribution in [1.29, 1.82) is 0 Å². The second-order valence-corrected chi connectivity index (χ2v) is 2.75. The van der Waals surface area contributed by atoms with E-state index in [2.05, 4.69) is 11.2 Å². The van der Waals surface area contributed by atoms with Gasteiger partial charge in [0.1, 0.15) is 0 Å². The maximum absolute atomic E-state index is 5.20. The predicted octanol–water partition coefficient (Wildman–Crippen LogP) is 0.997. The summed E-state index contributed by atoms with van der Waals surface area (Å²) in [5, 5.41) is 3.27. The summed E-state index contributed by atoms with van der Waals surface area (Å²) in [6.45, 7) is 2.93. The van der Waals surface area contributed by atoms with Gasteiger partial charge in [0.2, 0.25) is 0 Å². The first-order valence-corrected chi connectivity index (χ1v) is 4.52. The Hall–Kier alpha value is -0.560. The van der Waals surface area contributed by atoms with Crippen LogP contribution < -0.4 is 5.32 Å².